The molecule has 1 aliphatic heterocycles. The van der Waals surface area contributed by atoms with Crippen molar-refractivity contribution in [1.82, 2.24) is 4.90 Å². The second-order valence-corrected chi connectivity index (χ2v) is 2.98. The van der Waals surface area contributed by atoms with Gasteiger partial charge in [-0.05, 0) is 18.2 Å². The van der Waals surface area contributed by atoms with Gasteiger partial charge in [0.25, 0.3) is 0 Å². The van der Waals surface area contributed by atoms with Gasteiger partial charge in [0.1, 0.15) is 11.8 Å². The third kappa shape index (κ3) is 1.67. The summed E-state index contributed by atoms with van der Waals surface area (Å²) in [5, 5.41) is 8.49. The van der Waals surface area contributed by atoms with Crippen LogP contribution in [0, 0.1) is 11.3 Å². The Bertz CT molecular complexity index is 400. The first-order valence-corrected chi connectivity index (χ1v) is 4.23. The van der Waals surface area contributed by atoms with E-state index in [1.165, 1.54) is 11.0 Å². The average molecular weight is 188 g/mol. The first-order chi connectivity index (χ1) is 6.81. The number of hydrogen-bond donors (Lipinski definition) is 0. The Balaban J connectivity index is 1.93. The van der Waals surface area contributed by atoms with Crippen LogP contribution in [0.2, 0.25) is 0 Å². The maximum Gasteiger partial charge on any atom is 0.247 e. The molecule has 70 valence electrons. The lowest BCUT2D eigenvalue weighted by Crippen LogP contribution is -2.08. The number of carbonyl (C=O) groups is 1. The van der Waals surface area contributed by atoms with Crippen LogP contribution in [0.1, 0.15) is 5.76 Å². The Kier molecular flexibility index (Phi) is 2.07. The van der Waals surface area contributed by atoms with Gasteiger partial charge in [0.15, 0.2) is 0 Å². The standard InChI is InChI=1S/C10H8N2O2/c11-6-8-7-12(8)10(13)4-3-9-2-1-5-14-9/h1-5,8H,7H2/b4-3+. The Hall–Kier alpha value is -2.02. The van der Waals surface area contributed by atoms with Crippen LogP contribution in [-0.2, 0) is 4.79 Å². The fourth-order valence-electron chi connectivity index (χ4n) is 1.13. The van der Waals surface area contributed by atoms with Crippen molar-refractivity contribution in [2.24, 2.45) is 0 Å². The highest BCUT2D eigenvalue weighted by molar-refractivity contribution is 5.93. The highest BCUT2D eigenvalue weighted by Crippen LogP contribution is 2.16. The molecule has 0 spiro atoms. The molecular formula is C10H8N2O2. The molecule has 1 aromatic heterocycles. The first-order valence-electron chi connectivity index (χ1n) is 4.23. The molecule has 2 rings (SSSR count). The Morgan fingerprint density at radius 3 is 3.21 bits per heavy atom. The number of nitriles is 1. The van der Waals surface area contributed by atoms with Crippen molar-refractivity contribution in [1.29, 1.82) is 5.26 Å². The average Bonchev–Trinajstić information content (AvgIpc) is 2.82. The topological polar surface area (TPSA) is 57.0 Å². The smallest absolute Gasteiger partial charge is 0.247 e. The summed E-state index contributed by atoms with van der Waals surface area (Å²) in [6.07, 6.45) is 4.55. The van der Waals surface area contributed by atoms with Gasteiger partial charge in [0.2, 0.25) is 5.91 Å². The predicted octanol–water partition coefficient (Wildman–Crippen LogP) is 1.03. The van der Waals surface area contributed by atoms with Gasteiger partial charge in [-0.25, -0.2) is 0 Å². The van der Waals surface area contributed by atoms with Crippen LogP contribution in [0.15, 0.2) is 28.9 Å². The molecule has 0 saturated carbocycles. The minimum Gasteiger partial charge on any atom is -0.465 e. The first kappa shape index (κ1) is 8.57. The fourth-order valence-corrected chi connectivity index (χ4v) is 1.13. The molecule has 1 fully saturated rings. The molecule has 4 heteroatoms. The van der Waals surface area contributed by atoms with Gasteiger partial charge in [-0.3, -0.25) is 4.79 Å². The van der Waals surface area contributed by atoms with Crippen molar-refractivity contribution in [3.63, 3.8) is 0 Å². The van der Waals surface area contributed by atoms with Crippen molar-refractivity contribution in [2.75, 3.05) is 6.54 Å². The van der Waals surface area contributed by atoms with E-state index in [9.17, 15) is 4.79 Å². The number of furan rings is 1. The van der Waals surface area contributed by atoms with Gasteiger partial charge in [-0.2, -0.15) is 5.26 Å². The van der Waals surface area contributed by atoms with Crippen LogP contribution in [0.3, 0.4) is 0 Å². The normalized spacial score (nSPS) is 19.6. The second kappa shape index (κ2) is 3.38. The number of hydrogen-bond acceptors (Lipinski definition) is 3. The van der Waals surface area contributed by atoms with Crippen LogP contribution in [0.5, 0.6) is 0 Å². The molecule has 0 aromatic carbocycles. The Labute approximate surface area is 81.0 Å². The molecule has 1 saturated heterocycles. The van der Waals surface area contributed by atoms with Gasteiger partial charge in [-0.15, -0.1) is 0 Å². The molecule has 1 atom stereocenters. The highest BCUT2D eigenvalue weighted by Gasteiger charge is 2.37. The number of rotatable bonds is 2. The minimum absolute atomic E-state index is 0.145. The summed E-state index contributed by atoms with van der Waals surface area (Å²) in [4.78, 5) is 12.8. The summed E-state index contributed by atoms with van der Waals surface area (Å²) in [6, 6.07) is 5.29. The Morgan fingerprint density at radius 1 is 1.79 bits per heavy atom. The maximum atomic E-state index is 11.3. The number of nitrogens with zero attached hydrogens (tertiary/aromatic N) is 2. The van der Waals surface area contributed by atoms with Gasteiger partial charge in [-0.1, -0.05) is 0 Å². The molecule has 14 heavy (non-hydrogen) atoms. The van der Waals surface area contributed by atoms with Crippen molar-refractivity contribution < 1.29 is 9.21 Å². The summed E-state index contributed by atoms with van der Waals surface area (Å²) in [6.45, 7) is 0.540. The van der Waals surface area contributed by atoms with E-state index in [4.69, 9.17) is 9.68 Å². The second-order valence-electron chi connectivity index (χ2n) is 2.98. The van der Waals surface area contributed by atoms with E-state index in [0.29, 0.717) is 12.3 Å². The maximum absolute atomic E-state index is 11.3. The van der Waals surface area contributed by atoms with E-state index >= 15 is 0 Å². The molecule has 0 N–H and O–H groups in total. The van der Waals surface area contributed by atoms with Crippen LogP contribution < -0.4 is 0 Å². The molecular weight excluding hydrogens is 180 g/mol. The third-order valence-electron chi connectivity index (χ3n) is 1.98. The van der Waals surface area contributed by atoms with Crippen molar-refractivity contribution >= 4 is 12.0 Å². The lowest BCUT2D eigenvalue weighted by molar-refractivity contribution is -0.121. The van der Waals surface area contributed by atoms with Crippen LogP contribution in [0.4, 0.5) is 0 Å². The van der Waals surface area contributed by atoms with E-state index < -0.39 is 0 Å². The molecule has 1 aliphatic rings. The fraction of sp³-hybridized carbons (Fsp3) is 0.200. The predicted molar refractivity (Wildman–Crippen MR) is 48.9 cm³/mol. The van der Waals surface area contributed by atoms with Crippen LogP contribution in [-0.4, -0.2) is 23.4 Å². The van der Waals surface area contributed by atoms with E-state index in [2.05, 4.69) is 0 Å². The number of carbonyl (C=O) groups excluding carboxylic acids is 1. The van der Waals surface area contributed by atoms with Crippen molar-refractivity contribution in [2.45, 2.75) is 6.04 Å². The molecule has 0 radical (unpaired) electrons. The molecule has 0 bridgehead atoms. The molecule has 2 heterocycles. The van der Waals surface area contributed by atoms with Crippen LogP contribution >= 0.6 is 0 Å². The van der Waals surface area contributed by atoms with Crippen LogP contribution in [0.25, 0.3) is 6.08 Å². The molecule has 1 unspecified atom stereocenters. The Morgan fingerprint density at radius 2 is 2.64 bits per heavy atom. The number of amides is 1. The van der Waals surface area contributed by atoms with E-state index in [-0.39, 0.29) is 11.9 Å². The zero-order chi connectivity index (χ0) is 9.97. The molecule has 1 aromatic rings. The van der Waals surface area contributed by atoms with Gasteiger partial charge in [0, 0.05) is 6.08 Å². The lowest BCUT2D eigenvalue weighted by atomic mass is 10.4. The largest absolute Gasteiger partial charge is 0.465 e. The summed E-state index contributed by atoms with van der Waals surface area (Å²) in [7, 11) is 0. The van der Waals surface area contributed by atoms with E-state index in [0.717, 1.165) is 0 Å². The summed E-state index contributed by atoms with van der Waals surface area (Å²) >= 11 is 0. The van der Waals surface area contributed by atoms with Crippen molar-refractivity contribution in [3.05, 3.63) is 30.2 Å². The van der Waals surface area contributed by atoms with E-state index in [1.807, 2.05) is 6.07 Å². The van der Waals surface area contributed by atoms with E-state index in [1.54, 1.807) is 24.5 Å². The molecule has 0 aliphatic carbocycles. The van der Waals surface area contributed by atoms with Crippen molar-refractivity contribution in [3.8, 4) is 6.07 Å². The summed E-state index contributed by atoms with van der Waals surface area (Å²) in [5.74, 6) is 0.488. The van der Waals surface area contributed by atoms with Gasteiger partial charge >= 0.3 is 0 Å². The quantitative estimate of drug-likeness (QED) is 0.514. The highest BCUT2D eigenvalue weighted by atomic mass is 16.3. The minimum atomic E-state index is -0.233. The molecule has 4 nitrogen and oxygen atoms in total. The third-order valence-corrected chi connectivity index (χ3v) is 1.98. The summed E-state index contributed by atoms with van der Waals surface area (Å²) < 4.78 is 5.01. The zero-order valence-electron chi connectivity index (χ0n) is 7.38. The van der Waals surface area contributed by atoms with Gasteiger partial charge < -0.3 is 9.32 Å². The SMILES string of the molecule is N#CC1CN1C(=O)/C=C/c1ccco1. The lowest BCUT2D eigenvalue weighted by Gasteiger charge is -1.92. The monoisotopic (exact) mass is 188 g/mol. The summed E-state index contributed by atoms with van der Waals surface area (Å²) in [5.41, 5.74) is 0. The van der Waals surface area contributed by atoms with Gasteiger partial charge in [0.05, 0.1) is 18.9 Å². The zero-order valence-corrected chi connectivity index (χ0v) is 7.38. The molecule has 1 amide bonds.